The fourth-order valence-electron chi connectivity index (χ4n) is 0.653. The monoisotopic (exact) mass is 216 g/mol. The Labute approximate surface area is 85.0 Å². The number of hydrogen-bond acceptors (Lipinski definition) is 4. The molecule has 0 aromatic rings. The molecule has 4 nitrogen and oxygen atoms in total. The third-order valence-corrected chi connectivity index (χ3v) is 2.05. The predicted octanol–water partition coefficient (Wildman–Crippen LogP) is 1.48. The molecule has 0 rings (SSSR count). The predicted molar refractivity (Wildman–Crippen MR) is 55.2 cm³/mol. The van der Waals surface area contributed by atoms with Gasteiger partial charge in [0, 0.05) is 11.6 Å². The van der Waals surface area contributed by atoms with E-state index < -0.39 is 20.3 Å². The summed E-state index contributed by atoms with van der Waals surface area (Å²) in [6, 6.07) is 0. The molecule has 5 heteroatoms. The zero-order valence-electron chi connectivity index (χ0n) is 9.21. The third-order valence-electron chi connectivity index (χ3n) is 1.26. The second-order valence-electron chi connectivity index (χ2n) is 3.85. The molecule has 0 amide bonds. The smallest absolute Gasteiger partial charge is 0.330 e. The first-order valence-corrected chi connectivity index (χ1v) is 7.66. The Morgan fingerprint density at radius 2 is 1.71 bits per heavy atom. The van der Waals surface area contributed by atoms with Gasteiger partial charge in [0.15, 0.2) is 0 Å². The molecule has 0 radical (unpaired) electrons. The molecular formula is C9H16O4Si. The molecule has 0 saturated carbocycles. The van der Waals surface area contributed by atoms with E-state index in [1.165, 1.54) is 14.0 Å². The summed E-state index contributed by atoms with van der Waals surface area (Å²) >= 11 is 0. The fourth-order valence-corrected chi connectivity index (χ4v) is 1.37. The lowest BCUT2D eigenvalue weighted by molar-refractivity contribution is -0.136. The molecule has 0 fully saturated rings. The highest BCUT2D eigenvalue weighted by atomic mass is 28.4. The number of carbonyl (C=O) groups excluding carboxylic acids is 2. The van der Waals surface area contributed by atoms with E-state index in [0.29, 0.717) is 0 Å². The van der Waals surface area contributed by atoms with Crippen LogP contribution in [0, 0.1) is 0 Å². The van der Waals surface area contributed by atoms with Crippen molar-refractivity contribution in [1.82, 2.24) is 0 Å². The standard InChI is InChI=1S/C9H16O4Si/c1-7(6-8(10)12-2)9(11)13-14(3,4)5/h6H,1-5H3/b7-6-. The molecule has 0 unspecified atom stereocenters. The Bertz CT molecular complexity index is 262. The van der Waals surface area contributed by atoms with Gasteiger partial charge in [-0.25, -0.2) is 9.59 Å². The average molecular weight is 216 g/mol. The van der Waals surface area contributed by atoms with Crippen LogP contribution in [0.3, 0.4) is 0 Å². The molecule has 0 aliphatic carbocycles. The van der Waals surface area contributed by atoms with Gasteiger partial charge in [-0.1, -0.05) is 0 Å². The molecule has 0 aromatic carbocycles. The molecule has 14 heavy (non-hydrogen) atoms. The van der Waals surface area contributed by atoms with Crippen LogP contribution in [0.25, 0.3) is 0 Å². The summed E-state index contributed by atoms with van der Waals surface area (Å²) in [4.78, 5) is 22.1. The Balaban J connectivity index is 4.41. The highest BCUT2D eigenvalue weighted by molar-refractivity contribution is 6.71. The first-order chi connectivity index (χ1) is 6.26. The van der Waals surface area contributed by atoms with Crippen LogP contribution in [-0.4, -0.2) is 27.4 Å². The van der Waals surface area contributed by atoms with E-state index in [-0.39, 0.29) is 5.57 Å². The summed E-state index contributed by atoms with van der Waals surface area (Å²) in [5.74, 6) is -0.996. The van der Waals surface area contributed by atoms with Crippen LogP contribution in [0.2, 0.25) is 19.6 Å². The molecule has 0 bridgehead atoms. The van der Waals surface area contributed by atoms with Crippen molar-refractivity contribution in [2.45, 2.75) is 26.6 Å². The van der Waals surface area contributed by atoms with Crippen molar-refractivity contribution in [2.24, 2.45) is 0 Å². The summed E-state index contributed by atoms with van der Waals surface area (Å²) in [5, 5.41) is 0. The van der Waals surface area contributed by atoms with E-state index in [2.05, 4.69) is 4.74 Å². The second kappa shape index (κ2) is 4.95. The molecule has 0 aromatic heterocycles. The molecule has 0 aliphatic rings. The van der Waals surface area contributed by atoms with Crippen molar-refractivity contribution in [3.8, 4) is 0 Å². The van der Waals surface area contributed by atoms with Crippen molar-refractivity contribution >= 4 is 20.3 Å². The molecule has 0 heterocycles. The molecule has 0 N–H and O–H groups in total. The van der Waals surface area contributed by atoms with E-state index in [9.17, 15) is 9.59 Å². The van der Waals surface area contributed by atoms with Crippen LogP contribution in [0.5, 0.6) is 0 Å². The van der Waals surface area contributed by atoms with Crippen LogP contribution in [0.4, 0.5) is 0 Å². The van der Waals surface area contributed by atoms with E-state index in [0.717, 1.165) is 6.08 Å². The first kappa shape index (κ1) is 12.9. The zero-order chi connectivity index (χ0) is 11.4. The van der Waals surface area contributed by atoms with Gasteiger partial charge in [0.1, 0.15) is 0 Å². The lowest BCUT2D eigenvalue weighted by atomic mass is 10.3. The molecule has 0 saturated heterocycles. The van der Waals surface area contributed by atoms with Gasteiger partial charge >= 0.3 is 11.9 Å². The Kier molecular flexibility index (Phi) is 4.56. The maximum Gasteiger partial charge on any atom is 0.330 e. The zero-order valence-corrected chi connectivity index (χ0v) is 10.2. The minimum Gasteiger partial charge on any atom is -0.517 e. The van der Waals surface area contributed by atoms with E-state index in [1.807, 2.05) is 19.6 Å². The van der Waals surface area contributed by atoms with Crippen molar-refractivity contribution < 1.29 is 18.8 Å². The second-order valence-corrected chi connectivity index (χ2v) is 8.28. The highest BCUT2D eigenvalue weighted by Crippen LogP contribution is 2.07. The van der Waals surface area contributed by atoms with Crippen LogP contribution in [0.15, 0.2) is 11.6 Å². The van der Waals surface area contributed by atoms with Gasteiger partial charge in [0.05, 0.1) is 7.11 Å². The first-order valence-electron chi connectivity index (χ1n) is 4.26. The molecule has 0 spiro atoms. The SMILES string of the molecule is COC(=O)/C=C(/C)C(=O)O[Si](C)(C)C. The van der Waals surface area contributed by atoms with E-state index in [1.54, 1.807) is 0 Å². The van der Waals surface area contributed by atoms with Crippen molar-refractivity contribution in [1.29, 1.82) is 0 Å². The summed E-state index contributed by atoms with van der Waals surface area (Å²) in [6.07, 6.45) is 1.13. The molecule has 0 aliphatic heterocycles. The van der Waals surface area contributed by atoms with Gasteiger partial charge in [0.2, 0.25) is 8.32 Å². The Hall–Kier alpha value is -1.10. The van der Waals surface area contributed by atoms with Gasteiger partial charge in [0.25, 0.3) is 0 Å². The number of hydrogen-bond donors (Lipinski definition) is 0. The largest absolute Gasteiger partial charge is 0.517 e. The lowest BCUT2D eigenvalue weighted by Gasteiger charge is -2.17. The third kappa shape index (κ3) is 5.53. The summed E-state index contributed by atoms with van der Waals surface area (Å²) in [6.45, 7) is 7.22. The van der Waals surface area contributed by atoms with E-state index >= 15 is 0 Å². The quantitative estimate of drug-likeness (QED) is 0.407. The summed E-state index contributed by atoms with van der Waals surface area (Å²) < 4.78 is 9.56. The van der Waals surface area contributed by atoms with Crippen LogP contribution < -0.4 is 0 Å². The number of methoxy groups -OCH3 is 1. The van der Waals surface area contributed by atoms with Crippen LogP contribution in [-0.2, 0) is 18.8 Å². The Morgan fingerprint density at radius 3 is 2.07 bits per heavy atom. The van der Waals surface area contributed by atoms with E-state index in [4.69, 9.17) is 4.43 Å². The summed E-state index contributed by atoms with van der Waals surface area (Å²) in [5.41, 5.74) is 0.263. The maximum absolute atomic E-state index is 11.3. The van der Waals surface area contributed by atoms with Crippen molar-refractivity contribution in [3.63, 3.8) is 0 Å². The molecular weight excluding hydrogens is 200 g/mol. The highest BCUT2D eigenvalue weighted by Gasteiger charge is 2.21. The number of ether oxygens (including phenoxy) is 1. The topological polar surface area (TPSA) is 52.6 Å². The van der Waals surface area contributed by atoms with Gasteiger partial charge in [-0.15, -0.1) is 0 Å². The normalized spacial score (nSPS) is 12.2. The van der Waals surface area contributed by atoms with Crippen molar-refractivity contribution in [3.05, 3.63) is 11.6 Å². The fraction of sp³-hybridized carbons (Fsp3) is 0.556. The number of esters is 1. The lowest BCUT2D eigenvalue weighted by Crippen LogP contribution is -2.29. The van der Waals surface area contributed by atoms with Gasteiger partial charge < -0.3 is 9.16 Å². The number of carbonyl (C=O) groups is 2. The minimum atomic E-state index is -1.89. The van der Waals surface area contributed by atoms with Crippen LogP contribution >= 0.6 is 0 Å². The van der Waals surface area contributed by atoms with Gasteiger partial charge in [-0.3, -0.25) is 0 Å². The number of rotatable bonds is 3. The van der Waals surface area contributed by atoms with Crippen LogP contribution in [0.1, 0.15) is 6.92 Å². The van der Waals surface area contributed by atoms with Gasteiger partial charge in [-0.05, 0) is 26.6 Å². The maximum atomic E-state index is 11.3. The van der Waals surface area contributed by atoms with Gasteiger partial charge in [-0.2, -0.15) is 0 Å². The average Bonchev–Trinajstić information content (AvgIpc) is 2.00. The molecule has 0 atom stereocenters. The molecule has 80 valence electrons. The summed E-state index contributed by atoms with van der Waals surface area (Å²) in [7, 11) is -0.627. The Morgan fingerprint density at radius 1 is 1.21 bits per heavy atom. The van der Waals surface area contributed by atoms with Crippen molar-refractivity contribution in [2.75, 3.05) is 7.11 Å². The minimum absolute atomic E-state index is 0.263.